The maximum absolute atomic E-state index is 11.7. The van der Waals surface area contributed by atoms with E-state index in [0.717, 1.165) is 11.0 Å². The smallest absolute Gasteiger partial charge is 0.338 e. The van der Waals surface area contributed by atoms with Crippen LogP contribution in [-0.2, 0) is 9.47 Å². The zero-order valence-electron chi connectivity index (χ0n) is 9.60. The minimum Gasteiger partial charge on any atom is -0.462 e. The molecular formula is C12H14N2O3. The van der Waals surface area contributed by atoms with Crippen LogP contribution in [0.3, 0.4) is 0 Å². The largest absolute Gasteiger partial charge is 0.462 e. The van der Waals surface area contributed by atoms with Crippen molar-refractivity contribution in [2.75, 3.05) is 20.3 Å². The molecule has 0 aliphatic carbocycles. The molecule has 0 amide bonds. The van der Waals surface area contributed by atoms with Crippen molar-refractivity contribution in [3.63, 3.8) is 0 Å². The highest BCUT2D eigenvalue weighted by atomic mass is 16.5. The number of aromatic nitrogens is 2. The van der Waals surface area contributed by atoms with Crippen LogP contribution in [0.1, 0.15) is 16.8 Å². The van der Waals surface area contributed by atoms with Gasteiger partial charge in [0.05, 0.1) is 29.5 Å². The van der Waals surface area contributed by atoms with E-state index in [-0.39, 0.29) is 5.97 Å². The zero-order chi connectivity index (χ0) is 12.1. The maximum Gasteiger partial charge on any atom is 0.338 e. The number of hydrogen-bond donors (Lipinski definition) is 1. The SMILES string of the molecule is COCCCOC(=O)c1ccc2nc[nH]c2c1. The van der Waals surface area contributed by atoms with Crippen LogP contribution < -0.4 is 0 Å². The second-order valence-electron chi connectivity index (χ2n) is 3.62. The topological polar surface area (TPSA) is 64.2 Å². The fraction of sp³-hybridized carbons (Fsp3) is 0.333. The van der Waals surface area contributed by atoms with Crippen molar-refractivity contribution < 1.29 is 14.3 Å². The van der Waals surface area contributed by atoms with E-state index in [1.54, 1.807) is 31.6 Å². The van der Waals surface area contributed by atoms with Gasteiger partial charge >= 0.3 is 5.97 Å². The molecule has 90 valence electrons. The summed E-state index contributed by atoms with van der Waals surface area (Å²) in [5.74, 6) is -0.322. The third-order valence-electron chi connectivity index (χ3n) is 2.38. The van der Waals surface area contributed by atoms with Crippen molar-refractivity contribution in [1.82, 2.24) is 9.97 Å². The molecule has 1 aromatic heterocycles. The molecule has 0 saturated carbocycles. The van der Waals surface area contributed by atoms with Gasteiger partial charge in [0.2, 0.25) is 0 Å². The normalized spacial score (nSPS) is 10.6. The summed E-state index contributed by atoms with van der Waals surface area (Å²) in [6, 6.07) is 5.24. The average molecular weight is 234 g/mol. The minimum absolute atomic E-state index is 0.322. The lowest BCUT2D eigenvalue weighted by atomic mass is 10.2. The van der Waals surface area contributed by atoms with Gasteiger partial charge in [0.25, 0.3) is 0 Å². The molecule has 17 heavy (non-hydrogen) atoms. The number of methoxy groups -OCH3 is 1. The molecule has 2 rings (SSSR count). The molecule has 5 nitrogen and oxygen atoms in total. The fourth-order valence-corrected chi connectivity index (χ4v) is 1.51. The molecule has 0 aliphatic rings. The molecule has 0 spiro atoms. The number of esters is 1. The second-order valence-corrected chi connectivity index (χ2v) is 3.62. The van der Waals surface area contributed by atoms with E-state index < -0.39 is 0 Å². The monoisotopic (exact) mass is 234 g/mol. The van der Waals surface area contributed by atoms with Gasteiger partial charge in [0, 0.05) is 20.1 Å². The van der Waals surface area contributed by atoms with Gasteiger partial charge in [-0.1, -0.05) is 0 Å². The number of carbonyl (C=O) groups is 1. The van der Waals surface area contributed by atoms with E-state index in [9.17, 15) is 4.79 Å². The second kappa shape index (κ2) is 5.45. The highest BCUT2D eigenvalue weighted by Gasteiger charge is 2.08. The van der Waals surface area contributed by atoms with Gasteiger partial charge in [0.15, 0.2) is 0 Å². The van der Waals surface area contributed by atoms with Crippen molar-refractivity contribution in [1.29, 1.82) is 0 Å². The Hall–Kier alpha value is -1.88. The quantitative estimate of drug-likeness (QED) is 0.632. The molecule has 1 aromatic carbocycles. The van der Waals surface area contributed by atoms with E-state index in [1.807, 2.05) is 0 Å². The molecule has 1 heterocycles. The van der Waals surface area contributed by atoms with Crippen LogP contribution in [0.2, 0.25) is 0 Å². The average Bonchev–Trinajstić information content (AvgIpc) is 2.81. The van der Waals surface area contributed by atoms with Crippen LogP contribution in [0, 0.1) is 0 Å². The van der Waals surface area contributed by atoms with Crippen LogP contribution in [0.5, 0.6) is 0 Å². The first-order valence-electron chi connectivity index (χ1n) is 5.40. The predicted octanol–water partition coefficient (Wildman–Crippen LogP) is 1.76. The molecule has 0 saturated heterocycles. The van der Waals surface area contributed by atoms with Gasteiger partial charge in [-0.2, -0.15) is 0 Å². The summed E-state index contributed by atoms with van der Waals surface area (Å²) in [5, 5.41) is 0. The minimum atomic E-state index is -0.322. The van der Waals surface area contributed by atoms with Gasteiger partial charge in [-0.05, 0) is 18.2 Å². The molecule has 0 radical (unpaired) electrons. The van der Waals surface area contributed by atoms with Crippen molar-refractivity contribution >= 4 is 17.0 Å². The Kier molecular flexibility index (Phi) is 3.72. The van der Waals surface area contributed by atoms with Crippen LogP contribution in [-0.4, -0.2) is 36.3 Å². The summed E-state index contributed by atoms with van der Waals surface area (Å²) in [5.41, 5.74) is 2.19. The molecule has 0 fully saturated rings. The first kappa shape index (κ1) is 11.6. The summed E-state index contributed by atoms with van der Waals surface area (Å²) in [4.78, 5) is 18.7. The van der Waals surface area contributed by atoms with E-state index in [4.69, 9.17) is 9.47 Å². The number of aromatic amines is 1. The van der Waals surface area contributed by atoms with Crippen molar-refractivity contribution in [2.24, 2.45) is 0 Å². The van der Waals surface area contributed by atoms with E-state index in [2.05, 4.69) is 9.97 Å². The zero-order valence-corrected chi connectivity index (χ0v) is 9.60. The summed E-state index contributed by atoms with van der Waals surface area (Å²) in [6.45, 7) is 0.959. The Labute approximate surface area is 98.8 Å². The third-order valence-corrected chi connectivity index (χ3v) is 2.38. The fourth-order valence-electron chi connectivity index (χ4n) is 1.51. The first-order chi connectivity index (χ1) is 8.31. The molecule has 0 aliphatic heterocycles. The number of benzene rings is 1. The van der Waals surface area contributed by atoms with Crippen molar-refractivity contribution in [3.05, 3.63) is 30.1 Å². The Morgan fingerprint density at radius 2 is 2.29 bits per heavy atom. The number of fused-ring (bicyclic) bond motifs is 1. The van der Waals surface area contributed by atoms with E-state index >= 15 is 0 Å². The number of H-pyrrole nitrogens is 1. The van der Waals surface area contributed by atoms with Crippen LogP contribution in [0.15, 0.2) is 24.5 Å². The highest BCUT2D eigenvalue weighted by molar-refractivity contribution is 5.93. The number of rotatable bonds is 5. The van der Waals surface area contributed by atoms with Crippen LogP contribution in [0.25, 0.3) is 11.0 Å². The Morgan fingerprint density at radius 1 is 1.41 bits per heavy atom. The molecule has 0 bridgehead atoms. The number of ether oxygens (including phenoxy) is 2. The number of imidazole rings is 1. The molecule has 2 aromatic rings. The van der Waals surface area contributed by atoms with Crippen LogP contribution in [0.4, 0.5) is 0 Å². The lowest BCUT2D eigenvalue weighted by Crippen LogP contribution is -2.07. The van der Waals surface area contributed by atoms with Crippen molar-refractivity contribution in [2.45, 2.75) is 6.42 Å². The Balaban J connectivity index is 1.98. The third kappa shape index (κ3) is 2.82. The molecule has 5 heteroatoms. The van der Waals surface area contributed by atoms with Gasteiger partial charge < -0.3 is 14.5 Å². The molecular weight excluding hydrogens is 220 g/mol. The molecule has 1 N–H and O–H groups in total. The van der Waals surface area contributed by atoms with Crippen molar-refractivity contribution in [3.8, 4) is 0 Å². The Bertz CT molecular complexity index is 507. The first-order valence-corrected chi connectivity index (χ1v) is 5.40. The summed E-state index contributed by atoms with van der Waals surface area (Å²) >= 11 is 0. The molecule has 0 unspecified atom stereocenters. The molecule has 0 atom stereocenters. The highest BCUT2D eigenvalue weighted by Crippen LogP contribution is 2.12. The summed E-state index contributed by atoms with van der Waals surface area (Å²) in [7, 11) is 1.62. The summed E-state index contributed by atoms with van der Waals surface area (Å²) in [6.07, 6.45) is 2.30. The Morgan fingerprint density at radius 3 is 3.12 bits per heavy atom. The van der Waals surface area contributed by atoms with Gasteiger partial charge in [0.1, 0.15) is 0 Å². The number of nitrogens with one attached hydrogen (secondary N) is 1. The van der Waals surface area contributed by atoms with Gasteiger partial charge in [-0.15, -0.1) is 0 Å². The summed E-state index contributed by atoms with van der Waals surface area (Å²) < 4.78 is 9.97. The standard InChI is InChI=1S/C12H14N2O3/c1-16-5-2-6-17-12(15)9-3-4-10-11(7-9)14-8-13-10/h3-4,7-8H,2,5-6H2,1H3,(H,13,14). The maximum atomic E-state index is 11.7. The lowest BCUT2D eigenvalue weighted by molar-refractivity contribution is 0.0468. The van der Waals surface area contributed by atoms with Gasteiger partial charge in [-0.25, -0.2) is 9.78 Å². The number of nitrogens with zero attached hydrogens (tertiary/aromatic N) is 1. The van der Waals surface area contributed by atoms with E-state index in [0.29, 0.717) is 25.2 Å². The predicted molar refractivity (Wildman–Crippen MR) is 62.9 cm³/mol. The van der Waals surface area contributed by atoms with Gasteiger partial charge in [-0.3, -0.25) is 0 Å². The number of carbonyl (C=O) groups excluding carboxylic acids is 1. The lowest BCUT2D eigenvalue weighted by Gasteiger charge is -2.04. The number of hydrogen-bond acceptors (Lipinski definition) is 4. The van der Waals surface area contributed by atoms with E-state index in [1.165, 1.54) is 0 Å². The van der Waals surface area contributed by atoms with Crippen LogP contribution >= 0.6 is 0 Å².